The molecule has 0 radical (unpaired) electrons. The topological polar surface area (TPSA) is 109 Å². The van der Waals surface area contributed by atoms with E-state index in [2.05, 4.69) is 21.2 Å². The number of benzene rings is 3. The molecular weight excluding hydrogens is 602 g/mol. The van der Waals surface area contributed by atoms with Gasteiger partial charge in [0.25, 0.3) is 0 Å². The molecule has 8 nitrogen and oxygen atoms in total. The molecule has 0 spiro atoms. The zero-order chi connectivity index (χ0) is 27.3. The van der Waals surface area contributed by atoms with Gasteiger partial charge in [0, 0.05) is 26.5 Å². The fraction of sp³-hybridized carbons (Fsp3) is 0.143. The maximum Gasteiger partial charge on any atom is 0.308 e. The van der Waals surface area contributed by atoms with Gasteiger partial charge in [0.2, 0.25) is 17.7 Å². The Hall–Kier alpha value is -3.67. The summed E-state index contributed by atoms with van der Waals surface area (Å²) < 4.78 is 2.16. The first-order chi connectivity index (χ1) is 18.8. The van der Waals surface area contributed by atoms with Gasteiger partial charge < -0.3 is 10.4 Å². The van der Waals surface area contributed by atoms with Crippen molar-refractivity contribution in [1.82, 2.24) is 4.57 Å². The van der Waals surface area contributed by atoms with E-state index in [9.17, 15) is 24.3 Å². The Kier molecular flexibility index (Phi) is 6.66. The summed E-state index contributed by atoms with van der Waals surface area (Å²) in [6.45, 7) is -0.254. The minimum Gasteiger partial charge on any atom is -0.508 e. The van der Waals surface area contributed by atoms with E-state index in [4.69, 9.17) is 0 Å². The molecule has 3 amide bonds. The number of nitrogens with one attached hydrogen (secondary N) is 1. The SMILES string of the molecule is O=C(Cn1c2c(sc1=O)[C@@H](c1ccccc1O)C1C(=O)N(c3ccc(Br)cc3)C(=O)C1S2)Nc1ccccc1. The molecule has 6 rings (SSSR count). The number of thiazole rings is 1. The predicted octanol–water partition coefficient (Wildman–Crippen LogP) is 4.81. The van der Waals surface area contributed by atoms with Crippen molar-refractivity contribution in [2.45, 2.75) is 22.7 Å². The van der Waals surface area contributed by atoms with Gasteiger partial charge in [-0.2, -0.15) is 0 Å². The second-order valence-corrected chi connectivity index (χ2v) is 12.2. The molecule has 3 aromatic carbocycles. The highest BCUT2D eigenvalue weighted by molar-refractivity contribution is 9.10. The standard InChI is InChI=1S/C28H20BrN3O5S2/c29-15-10-12-17(13-11-15)32-25(35)22-21(18-8-4-5-9-19(18)33)24-27(38-23(22)26(32)36)31(28(37)39-24)14-20(34)30-16-6-2-1-3-7-16/h1-13,21-23,33H,14H2,(H,30,34)/t21-,22?,23?/m0/s1. The highest BCUT2D eigenvalue weighted by Crippen LogP contribution is 2.55. The highest BCUT2D eigenvalue weighted by Gasteiger charge is 2.57. The van der Waals surface area contributed by atoms with Crippen LogP contribution in [0.3, 0.4) is 0 Å². The Morgan fingerprint density at radius 1 is 0.923 bits per heavy atom. The van der Waals surface area contributed by atoms with E-state index >= 15 is 0 Å². The van der Waals surface area contributed by atoms with Crippen LogP contribution in [0.5, 0.6) is 5.75 Å². The molecule has 2 aliphatic rings. The summed E-state index contributed by atoms with van der Waals surface area (Å²) >= 11 is 5.45. The number of rotatable bonds is 5. The van der Waals surface area contributed by atoms with Crippen LogP contribution >= 0.6 is 39.0 Å². The third-order valence-corrected chi connectivity index (χ3v) is 9.90. The number of amides is 3. The number of carbonyl (C=O) groups excluding carboxylic acids is 3. The minimum absolute atomic E-state index is 0.0318. The number of para-hydroxylation sites is 2. The molecule has 196 valence electrons. The molecule has 4 aromatic rings. The lowest BCUT2D eigenvalue weighted by Crippen LogP contribution is -2.33. The van der Waals surface area contributed by atoms with Gasteiger partial charge in [0.15, 0.2) is 0 Å². The quantitative estimate of drug-likeness (QED) is 0.310. The number of carbonyl (C=O) groups is 3. The molecule has 1 saturated heterocycles. The maximum absolute atomic E-state index is 13.9. The summed E-state index contributed by atoms with van der Waals surface area (Å²) in [4.78, 5) is 55.0. The number of aromatic hydroxyl groups is 1. The third kappa shape index (κ3) is 4.50. The Morgan fingerprint density at radius 3 is 2.33 bits per heavy atom. The van der Waals surface area contributed by atoms with Crippen LogP contribution in [0.1, 0.15) is 16.4 Å². The zero-order valence-corrected chi connectivity index (χ0v) is 23.3. The second kappa shape index (κ2) is 10.1. The molecule has 1 aromatic heterocycles. The number of nitrogens with zero attached hydrogens (tertiary/aromatic N) is 2. The Balaban J connectivity index is 1.43. The smallest absolute Gasteiger partial charge is 0.308 e. The van der Waals surface area contributed by atoms with Gasteiger partial charge in [-0.3, -0.25) is 23.7 Å². The Labute approximate surface area is 239 Å². The fourth-order valence-corrected chi connectivity index (χ4v) is 8.08. The van der Waals surface area contributed by atoms with E-state index in [1.54, 1.807) is 66.7 Å². The summed E-state index contributed by atoms with van der Waals surface area (Å²) in [7, 11) is 0. The van der Waals surface area contributed by atoms with Gasteiger partial charge in [0.1, 0.15) is 17.5 Å². The van der Waals surface area contributed by atoms with E-state index in [0.29, 0.717) is 26.8 Å². The minimum atomic E-state index is -0.837. The van der Waals surface area contributed by atoms with Gasteiger partial charge in [0.05, 0.1) is 16.6 Å². The molecule has 11 heteroatoms. The van der Waals surface area contributed by atoms with Crippen LogP contribution in [0, 0.1) is 5.92 Å². The average molecular weight is 623 g/mol. The normalized spacial score (nSPS) is 20.0. The molecule has 3 atom stereocenters. The number of thioether (sulfide) groups is 1. The van der Waals surface area contributed by atoms with E-state index in [-0.39, 0.29) is 17.2 Å². The fourth-order valence-electron chi connectivity index (χ4n) is 5.05. The molecule has 0 aliphatic carbocycles. The van der Waals surface area contributed by atoms with Gasteiger partial charge in [-0.1, -0.05) is 75.4 Å². The lowest BCUT2D eigenvalue weighted by molar-refractivity contribution is -0.122. The van der Waals surface area contributed by atoms with Crippen molar-refractivity contribution >= 4 is 68.1 Å². The molecular formula is C28H20BrN3O5S2. The number of phenolic OH excluding ortho intramolecular Hbond substituents is 1. The number of hydrogen-bond acceptors (Lipinski definition) is 7. The van der Waals surface area contributed by atoms with Crippen LogP contribution in [0.4, 0.5) is 11.4 Å². The van der Waals surface area contributed by atoms with Crippen LogP contribution in [0.15, 0.2) is 93.2 Å². The molecule has 3 heterocycles. The van der Waals surface area contributed by atoms with Crippen molar-refractivity contribution in [1.29, 1.82) is 0 Å². The second-order valence-electron chi connectivity index (χ2n) is 9.13. The van der Waals surface area contributed by atoms with E-state index in [1.165, 1.54) is 15.5 Å². The summed E-state index contributed by atoms with van der Waals surface area (Å²) in [6, 6.07) is 22.4. The Morgan fingerprint density at radius 2 is 1.62 bits per heavy atom. The number of imide groups is 1. The molecule has 0 bridgehead atoms. The average Bonchev–Trinajstić information content (AvgIpc) is 3.36. The molecule has 1 fully saturated rings. The van der Waals surface area contributed by atoms with Crippen LogP contribution in [-0.2, 0) is 20.9 Å². The van der Waals surface area contributed by atoms with Crippen LogP contribution in [0.25, 0.3) is 0 Å². The molecule has 2 unspecified atom stereocenters. The van der Waals surface area contributed by atoms with Gasteiger partial charge in [-0.25, -0.2) is 4.90 Å². The third-order valence-electron chi connectivity index (χ3n) is 6.77. The summed E-state index contributed by atoms with van der Waals surface area (Å²) in [5.74, 6) is -2.79. The van der Waals surface area contributed by atoms with Gasteiger partial charge in [-0.15, -0.1) is 0 Å². The first-order valence-electron chi connectivity index (χ1n) is 12.0. The van der Waals surface area contributed by atoms with Crippen LogP contribution in [-0.4, -0.2) is 32.6 Å². The maximum atomic E-state index is 13.9. The van der Waals surface area contributed by atoms with Crippen LogP contribution in [0.2, 0.25) is 0 Å². The van der Waals surface area contributed by atoms with E-state index in [0.717, 1.165) is 27.6 Å². The molecule has 0 saturated carbocycles. The monoisotopic (exact) mass is 621 g/mol. The highest BCUT2D eigenvalue weighted by atomic mass is 79.9. The zero-order valence-electron chi connectivity index (χ0n) is 20.1. The molecule has 2 aliphatic heterocycles. The van der Waals surface area contributed by atoms with Crippen molar-refractivity contribution in [3.63, 3.8) is 0 Å². The first kappa shape index (κ1) is 25.6. The number of halogens is 1. The van der Waals surface area contributed by atoms with Crippen molar-refractivity contribution in [2.24, 2.45) is 5.92 Å². The van der Waals surface area contributed by atoms with Crippen molar-refractivity contribution < 1.29 is 19.5 Å². The largest absolute Gasteiger partial charge is 0.508 e. The number of aromatic nitrogens is 1. The summed E-state index contributed by atoms with van der Waals surface area (Å²) in [6.07, 6.45) is 0. The predicted molar refractivity (Wildman–Crippen MR) is 153 cm³/mol. The number of hydrogen-bond donors (Lipinski definition) is 2. The van der Waals surface area contributed by atoms with Crippen LogP contribution < -0.4 is 15.1 Å². The van der Waals surface area contributed by atoms with E-state index in [1.807, 2.05) is 6.07 Å². The van der Waals surface area contributed by atoms with Gasteiger partial charge in [-0.05, 0) is 42.5 Å². The number of fused-ring (bicyclic) bond motifs is 2. The Bertz CT molecular complexity index is 1670. The molecule has 39 heavy (non-hydrogen) atoms. The van der Waals surface area contributed by atoms with Gasteiger partial charge >= 0.3 is 4.87 Å². The van der Waals surface area contributed by atoms with Crippen molar-refractivity contribution in [3.8, 4) is 5.75 Å². The first-order valence-corrected chi connectivity index (χ1v) is 14.5. The number of phenols is 1. The lowest BCUT2D eigenvalue weighted by atomic mass is 9.82. The van der Waals surface area contributed by atoms with Crippen molar-refractivity contribution in [3.05, 3.63) is 103 Å². The van der Waals surface area contributed by atoms with Crippen molar-refractivity contribution in [2.75, 3.05) is 10.2 Å². The number of anilines is 2. The molecule has 2 N–H and O–H groups in total. The lowest BCUT2D eigenvalue weighted by Gasteiger charge is -2.31. The summed E-state index contributed by atoms with van der Waals surface area (Å²) in [5.41, 5.74) is 1.50. The summed E-state index contributed by atoms with van der Waals surface area (Å²) in [5, 5.41) is 13.2. The van der Waals surface area contributed by atoms with E-state index < -0.39 is 34.8 Å².